The van der Waals surface area contributed by atoms with Crippen LogP contribution in [0.1, 0.15) is 15.9 Å². The van der Waals surface area contributed by atoms with E-state index in [1.165, 1.54) is 12.1 Å². The zero-order valence-electron chi connectivity index (χ0n) is 10.5. The molecule has 2 rings (SSSR count). The van der Waals surface area contributed by atoms with Gasteiger partial charge < -0.3 is 10.1 Å². The van der Waals surface area contributed by atoms with E-state index in [-0.39, 0.29) is 5.56 Å². The third-order valence-corrected chi connectivity index (χ3v) is 2.64. The molecule has 0 aromatic heterocycles. The van der Waals surface area contributed by atoms with E-state index in [1.54, 1.807) is 31.4 Å². The highest BCUT2D eigenvalue weighted by Crippen LogP contribution is 2.13. The van der Waals surface area contributed by atoms with Crippen LogP contribution in [0.3, 0.4) is 0 Å². The first-order chi connectivity index (χ1) is 9.20. The molecule has 0 aliphatic heterocycles. The lowest BCUT2D eigenvalue weighted by Gasteiger charge is -2.07. The third-order valence-electron chi connectivity index (χ3n) is 2.64. The van der Waals surface area contributed by atoms with Gasteiger partial charge in [-0.25, -0.2) is 4.39 Å². The summed E-state index contributed by atoms with van der Waals surface area (Å²) >= 11 is 0. The molecule has 0 saturated heterocycles. The second kappa shape index (κ2) is 6.11. The van der Waals surface area contributed by atoms with Crippen LogP contribution in [0.25, 0.3) is 0 Å². The average molecular weight is 259 g/mol. The number of methoxy groups -OCH3 is 1. The van der Waals surface area contributed by atoms with E-state index in [2.05, 4.69) is 5.32 Å². The summed E-state index contributed by atoms with van der Waals surface area (Å²) < 4.78 is 18.4. The Morgan fingerprint density at radius 2 is 1.84 bits per heavy atom. The highest BCUT2D eigenvalue weighted by atomic mass is 19.1. The molecule has 3 nitrogen and oxygen atoms in total. The molecule has 0 aliphatic carbocycles. The Morgan fingerprint density at radius 3 is 2.47 bits per heavy atom. The molecule has 1 N–H and O–H groups in total. The number of nitrogens with one attached hydrogen (secondary N) is 1. The second-order valence-corrected chi connectivity index (χ2v) is 4.06. The maximum absolute atomic E-state index is 13.4. The molecule has 4 heteroatoms. The zero-order valence-corrected chi connectivity index (χ0v) is 10.5. The fraction of sp³-hybridized carbons (Fsp3) is 0.133. The Labute approximate surface area is 111 Å². The summed E-state index contributed by atoms with van der Waals surface area (Å²) in [7, 11) is 1.62. The summed E-state index contributed by atoms with van der Waals surface area (Å²) in [5.41, 5.74) is 1.66. The van der Waals surface area contributed by atoms with Crippen LogP contribution in [0.4, 0.5) is 10.1 Å². The molecular formula is C15H14FNO2. The molecule has 0 unspecified atom stereocenters. The molecule has 0 heterocycles. The quantitative estimate of drug-likeness (QED) is 0.915. The monoisotopic (exact) mass is 259 g/mol. The zero-order chi connectivity index (χ0) is 13.7. The van der Waals surface area contributed by atoms with Crippen molar-refractivity contribution in [2.75, 3.05) is 12.4 Å². The molecule has 19 heavy (non-hydrogen) atoms. The highest BCUT2D eigenvalue weighted by Gasteiger charge is 2.10. The standard InChI is InChI=1S/C15H14FNO2/c1-19-10-11-6-8-12(9-7-11)17-15(18)13-4-2-3-5-14(13)16/h2-9H,10H2,1H3,(H,17,18). The van der Waals surface area contributed by atoms with E-state index in [4.69, 9.17) is 4.74 Å². The molecule has 0 aliphatic rings. The second-order valence-electron chi connectivity index (χ2n) is 4.06. The highest BCUT2D eigenvalue weighted by molar-refractivity contribution is 6.04. The van der Waals surface area contributed by atoms with E-state index in [1.807, 2.05) is 12.1 Å². The molecule has 0 spiro atoms. The molecule has 0 bridgehead atoms. The maximum Gasteiger partial charge on any atom is 0.258 e. The Kier molecular flexibility index (Phi) is 4.26. The first-order valence-corrected chi connectivity index (χ1v) is 5.84. The topological polar surface area (TPSA) is 38.3 Å². The normalized spacial score (nSPS) is 10.2. The lowest BCUT2D eigenvalue weighted by molar-refractivity contribution is 0.102. The van der Waals surface area contributed by atoms with E-state index >= 15 is 0 Å². The number of benzene rings is 2. The van der Waals surface area contributed by atoms with Gasteiger partial charge >= 0.3 is 0 Å². The van der Waals surface area contributed by atoms with Gasteiger partial charge in [0.2, 0.25) is 0 Å². The Bertz CT molecular complexity index is 567. The van der Waals surface area contributed by atoms with Gasteiger partial charge in [0.25, 0.3) is 5.91 Å². The third kappa shape index (κ3) is 3.39. The largest absolute Gasteiger partial charge is 0.380 e. The molecule has 0 fully saturated rings. The van der Waals surface area contributed by atoms with Gasteiger partial charge in [0.15, 0.2) is 0 Å². The van der Waals surface area contributed by atoms with E-state index in [0.29, 0.717) is 12.3 Å². The Hall–Kier alpha value is -2.20. The summed E-state index contributed by atoms with van der Waals surface area (Å²) in [5, 5.41) is 2.65. The van der Waals surface area contributed by atoms with Gasteiger partial charge in [0.1, 0.15) is 5.82 Å². The van der Waals surface area contributed by atoms with Crippen molar-refractivity contribution in [2.45, 2.75) is 6.61 Å². The SMILES string of the molecule is COCc1ccc(NC(=O)c2ccccc2F)cc1. The smallest absolute Gasteiger partial charge is 0.258 e. The van der Waals surface area contributed by atoms with Crippen molar-refractivity contribution in [3.63, 3.8) is 0 Å². The van der Waals surface area contributed by atoms with Gasteiger partial charge in [0, 0.05) is 12.8 Å². The summed E-state index contributed by atoms with van der Waals surface area (Å²) in [5.74, 6) is -0.992. The van der Waals surface area contributed by atoms with E-state index in [0.717, 1.165) is 5.56 Å². The van der Waals surface area contributed by atoms with Crippen molar-refractivity contribution in [2.24, 2.45) is 0 Å². The van der Waals surface area contributed by atoms with Crippen LogP contribution in [-0.4, -0.2) is 13.0 Å². The van der Waals surface area contributed by atoms with Crippen molar-refractivity contribution in [1.29, 1.82) is 0 Å². The predicted octanol–water partition coefficient (Wildman–Crippen LogP) is 3.22. The van der Waals surface area contributed by atoms with Gasteiger partial charge in [-0.3, -0.25) is 4.79 Å². The first kappa shape index (κ1) is 13.2. The number of anilines is 1. The average Bonchev–Trinajstić information content (AvgIpc) is 2.42. The van der Waals surface area contributed by atoms with Crippen molar-refractivity contribution < 1.29 is 13.9 Å². The summed E-state index contributed by atoms with van der Waals surface area (Å²) in [6.07, 6.45) is 0. The van der Waals surface area contributed by atoms with Crippen LogP contribution in [0.15, 0.2) is 48.5 Å². The van der Waals surface area contributed by atoms with Crippen LogP contribution < -0.4 is 5.32 Å². The van der Waals surface area contributed by atoms with Crippen LogP contribution in [0.5, 0.6) is 0 Å². The summed E-state index contributed by atoms with van der Waals surface area (Å²) in [4.78, 5) is 11.9. The lowest BCUT2D eigenvalue weighted by Crippen LogP contribution is -2.13. The van der Waals surface area contributed by atoms with Crippen LogP contribution in [-0.2, 0) is 11.3 Å². The molecule has 98 valence electrons. The summed E-state index contributed by atoms with van der Waals surface area (Å²) in [6.45, 7) is 0.515. The molecule has 0 radical (unpaired) electrons. The minimum atomic E-state index is -0.531. The van der Waals surface area contributed by atoms with Crippen molar-refractivity contribution in [3.05, 3.63) is 65.5 Å². The molecule has 2 aromatic rings. The Morgan fingerprint density at radius 1 is 1.16 bits per heavy atom. The number of hydrogen-bond acceptors (Lipinski definition) is 2. The van der Waals surface area contributed by atoms with E-state index < -0.39 is 11.7 Å². The molecule has 2 aromatic carbocycles. The molecular weight excluding hydrogens is 245 g/mol. The fourth-order valence-corrected chi connectivity index (χ4v) is 1.69. The lowest BCUT2D eigenvalue weighted by atomic mass is 10.2. The summed E-state index contributed by atoms with van der Waals surface area (Å²) in [6, 6.07) is 13.1. The van der Waals surface area contributed by atoms with Gasteiger partial charge in [-0.05, 0) is 29.8 Å². The minimum absolute atomic E-state index is 0.0310. The first-order valence-electron chi connectivity index (χ1n) is 5.84. The van der Waals surface area contributed by atoms with Crippen molar-refractivity contribution >= 4 is 11.6 Å². The van der Waals surface area contributed by atoms with Gasteiger partial charge in [-0.1, -0.05) is 24.3 Å². The number of halogens is 1. The van der Waals surface area contributed by atoms with E-state index in [9.17, 15) is 9.18 Å². The fourth-order valence-electron chi connectivity index (χ4n) is 1.69. The van der Waals surface area contributed by atoms with Crippen molar-refractivity contribution in [3.8, 4) is 0 Å². The minimum Gasteiger partial charge on any atom is -0.380 e. The number of amides is 1. The van der Waals surface area contributed by atoms with Crippen molar-refractivity contribution in [1.82, 2.24) is 0 Å². The number of hydrogen-bond donors (Lipinski definition) is 1. The molecule has 1 amide bonds. The molecule has 0 atom stereocenters. The number of carbonyl (C=O) groups is 1. The molecule has 0 saturated carbocycles. The maximum atomic E-state index is 13.4. The van der Waals surface area contributed by atoms with Crippen LogP contribution in [0.2, 0.25) is 0 Å². The van der Waals surface area contributed by atoms with Crippen LogP contribution >= 0.6 is 0 Å². The van der Waals surface area contributed by atoms with Gasteiger partial charge in [-0.15, -0.1) is 0 Å². The number of carbonyl (C=O) groups excluding carboxylic acids is 1. The predicted molar refractivity (Wildman–Crippen MR) is 71.5 cm³/mol. The van der Waals surface area contributed by atoms with Gasteiger partial charge in [0.05, 0.1) is 12.2 Å². The van der Waals surface area contributed by atoms with Gasteiger partial charge in [-0.2, -0.15) is 0 Å². The number of ether oxygens (including phenoxy) is 1. The van der Waals surface area contributed by atoms with Crippen LogP contribution in [0, 0.1) is 5.82 Å². The number of rotatable bonds is 4. The Balaban J connectivity index is 2.09.